The highest BCUT2D eigenvalue weighted by Crippen LogP contribution is 2.18. The standard InChI is InChI=1S/C45H71N13O15/c1-5-6-7-9-28(45(72)73)54-44(71)33-10-8-13-58(33)36(62)21-50-38(65)24(4)52-41(68)30(14-23(2)3)55-42(69)31(15-25-18-47-22-51-25)56-43(70)32(17-37(63)64)57-40(67)27(11-12-34(46)60)53-35(61)20-49-39(66)29-16-26(59)19-48-29/h18,22-24,26-33,48,59H,5-17,19-21H2,1-4H3,(H2,46,60)(H,47,51)(H,49,66)(H,50,65)(H,52,68)(H,53,61)(H,54,71)(H,55,69)(H,56,70)(H,57,67)(H,63,64)(H,72,73)/t24-,26+,27-,28-,29-,30-,31-,32-,33-/m0/s1. The molecule has 28 heteroatoms. The van der Waals surface area contributed by atoms with Crippen LogP contribution < -0.4 is 53.6 Å². The number of rotatable bonds is 31. The van der Waals surface area contributed by atoms with Crippen LogP contribution in [0.25, 0.3) is 0 Å². The van der Waals surface area contributed by atoms with Crippen molar-refractivity contribution in [1.82, 2.24) is 62.7 Å². The van der Waals surface area contributed by atoms with Crippen LogP contribution in [0.15, 0.2) is 12.5 Å². The molecule has 15 N–H and O–H groups in total. The van der Waals surface area contributed by atoms with E-state index < -0.39 is 158 Å². The number of aromatic amines is 1. The van der Waals surface area contributed by atoms with Gasteiger partial charge in [-0.3, -0.25) is 52.7 Å². The fourth-order valence-corrected chi connectivity index (χ4v) is 7.99. The lowest BCUT2D eigenvalue weighted by Gasteiger charge is -2.27. The second-order valence-corrected chi connectivity index (χ2v) is 18.5. The highest BCUT2D eigenvalue weighted by molar-refractivity contribution is 5.98. The Morgan fingerprint density at radius 1 is 0.767 bits per heavy atom. The van der Waals surface area contributed by atoms with E-state index in [-0.39, 0.29) is 56.8 Å². The molecule has 1 aromatic heterocycles. The Hall–Kier alpha value is -7.23. The van der Waals surface area contributed by atoms with E-state index in [1.165, 1.54) is 24.3 Å². The molecule has 0 aromatic carbocycles. The first kappa shape index (κ1) is 60.1. The molecule has 3 rings (SSSR count). The zero-order valence-corrected chi connectivity index (χ0v) is 41.5. The number of H-pyrrole nitrogens is 1. The maximum Gasteiger partial charge on any atom is 0.326 e. The lowest BCUT2D eigenvalue weighted by Crippen LogP contribution is -2.60. The largest absolute Gasteiger partial charge is 0.481 e. The Morgan fingerprint density at radius 3 is 2.03 bits per heavy atom. The summed E-state index contributed by atoms with van der Waals surface area (Å²) in [5, 5.41) is 51.1. The number of hydrogen-bond donors (Lipinski definition) is 14. The smallest absolute Gasteiger partial charge is 0.326 e. The van der Waals surface area contributed by atoms with E-state index in [0.717, 1.165) is 12.8 Å². The first-order chi connectivity index (χ1) is 34.5. The second-order valence-electron chi connectivity index (χ2n) is 18.5. The van der Waals surface area contributed by atoms with Crippen LogP contribution in [0.5, 0.6) is 0 Å². The predicted octanol–water partition coefficient (Wildman–Crippen LogP) is -4.72. The third-order valence-corrected chi connectivity index (χ3v) is 11.9. The molecule has 406 valence electrons. The summed E-state index contributed by atoms with van der Waals surface area (Å²) in [4.78, 5) is 163. The van der Waals surface area contributed by atoms with Gasteiger partial charge in [0.1, 0.15) is 42.3 Å². The van der Waals surface area contributed by atoms with Crippen LogP contribution in [-0.2, 0) is 64.0 Å². The number of unbranched alkanes of at least 4 members (excludes halogenated alkanes) is 2. The fraction of sp³-hybridized carbons (Fsp3) is 0.667. The summed E-state index contributed by atoms with van der Waals surface area (Å²) in [7, 11) is 0. The van der Waals surface area contributed by atoms with E-state index in [2.05, 4.69) is 57.8 Å². The summed E-state index contributed by atoms with van der Waals surface area (Å²) in [6, 6.07) is -10.5. The lowest BCUT2D eigenvalue weighted by atomic mass is 10.0. The number of nitrogens with zero attached hydrogens (tertiary/aromatic N) is 2. The van der Waals surface area contributed by atoms with Crippen molar-refractivity contribution in [2.24, 2.45) is 11.7 Å². The summed E-state index contributed by atoms with van der Waals surface area (Å²) < 4.78 is 0. The number of carboxylic acid groups (broad SMARTS) is 2. The van der Waals surface area contributed by atoms with Crippen molar-refractivity contribution >= 4 is 71.0 Å². The molecular weight excluding hydrogens is 963 g/mol. The molecule has 0 saturated carbocycles. The molecule has 1 aromatic rings. The van der Waals surface area contributed by atoms with E-state index in [0.29, 0.717) is 12.8 Å². The van der Waals surface area contributed by atoms with Crippen LogP contribution in [0.4, 0.5) is 0 Å². The first-order valence-electron chi connectivity index (χ1n) is 24.3. The van der Waals surface area contributed by atoms with Gasteiger partial charge in [0.25, 0.3) is 0 Å². The number of amides is 10. The quantitative estimate of drug-likeness (QED) is 0.0311. The van der Waals surface area contributed by atoms with Crippen molar-refractivity contribution in [2.75, 3.05) is 26.2 Å². The minimum absolute atomic E-state index is 0.00755. The van der Waals surface area contributed by atoms with E-state index >= 15 is 0 Å². The zero-order valence-electron chi connectivity index (χ0n) is 41.5. The molecule has 2 aliphatic heterocycles. The number of β-amino-alcohol motifs (C(OH)–C–C–N with tert-alkyl or cyclic N) is 1. The van der Waals surface area contributed by atoms with Crippen molar-refractivity contribution in [2.45, 2.75) is 159 Å². The van der Waals surface area contributed by atoms with E-state index in [1.807, 2.05) is 6.92 Å². The average Bonchev–Trinajstić information content (AvgIpc) is 4.13. The molecular formula is C45H71N13O15. The summed E-state index contributed by atoms with van der Waals surface area (Å²) in [6.07, 6.45) is 3.01. The van der Waals surface area contributed by atoms with Gasteiger partial charge in [-0.15, -0.1) is 0 Å². The molecule has 2 aliphatic rings. The molecule has 2 saturated heterocycles. The van der Waals surface area contributed by atoms with Gasteiger partial charge in [-0.05, 0) is 51.4 Å². The van der Waals surface area contributed by atoms with E-state index in [4.69, 9.17) is 5.73 Å². The Bertz CT molecular complexity index is 2120. The van der Waals surface area contributed by atoms with Crippen LogP contribution in [0.2, 0.25) is 0 Å². The molecule has 73 heavy (non-hydrogen) atoms. The predicted molar refractivity (Wildman–Crippen MR) is 255 cm³/mol. The number of nitrogens with two attached hydrogens (primary N) is 1. The van der Waals surface area contributed by atoms with Crippen molar-refractivity contribution in [3.8, 4) is 0 Å². The Balaban J connectivity index is 1.69. The maximum absolute atomic E-state index is 14.0. The molecule has 0 spiro atoms. The lowest BCUT2D eigenvalue weighted by molar-refractivity contribution is -0.144. The molecule has 28 nitrogen and oxygen atoms in total. The van der Waals surface area contributed by atoms with Crippen LogP contribution in [-0.4, -0.2) is 182 Å². The average molecular weight is 1030 g/mol. The molecule has 0 radical (unpaired) electrons. The molecule has 3 heterocycles. The van der Waals surface area contributed by atoms with Crippen molar-refractivity contribution in [3.63, 3.8) is 0 Å². The SMILES string of the molecule is CCCCC[C@H](NC(=O)[C@@H]1CCCN1C(=O)CNC(=O)[C@H](C)NC(=O)[C@H](CC(C)C)NC(=O)[C@H](Cc1c[nH]cn1)NC(=O)[C@H](CC(=O)O)NC(=O)[C@H](CCC(N)=O)NC(=O)CNC(=O)[C@@H]1C[C@@H](O)CN1)C(=O)O. The highest BCUT2D eigenvalue weighted by Gasteiger charge is 2.37. The fourth-order valence-electron chi connectivity index (χ4n) is 7.99. The Kier molecular flexibility index (Phi) is 24.7. The third kappa shape index (κ3) is 20.8. The van der Waals surface area contributed by atoms with E-state index in [1.54, 1.807) is 13.8 Å². The van der Waals surface area contributed by atoms with Crippen molar-refractivity contribution in [1.29, 1.82) is 0 Å². The number of aliphatic carboxylic acids is 2. The molecule has 0 unspecified atom stereocenters. The number of hydrogen-bond acceptors (Lipinski definition) is 15. The zero-order chi connectivity index (χ0) is 54.4. The molecule has 9 atom stereocenters. The van der Waals surface area contributed by atoms with Crippen LogP contribution in [0, 0.1) is 5.92 Å². The number of nitrogens with one attached hydrogen (secondary N) is 10. The maximum atomic E-state index is 14.0. The normalized spacial score (nSPS) is 18.7. The van der Waals surface area contributed by atoms with Gasteiger partial charge in [-0.1, -0.05) is 40.0 Å². The Morgan fingerprint density at radius 2 is 1.42 bits per heavy atom. The monoisotopic (exact) mass is 1030 g/mol. The molecule has 2 fully saturated rings. The number of aliphatic hydroxyl groups is 1. The topological polar surface area (TPSA) is 432 Å². The number of carbonyl (C=O) groups excluding carboxylic acids is 10. The van der Waals surface area contributed by atoms with Crippen molar-refractivity contribution < 1.29 is 72.9 Å². The number of imidazole rings is 1. The minimum atomic E-state index is -1.90. The summed E-state index contributed by atoms with van der Waals surface area (Å²) in [5.74, 6) is -11.5. The van der Waals surface area contributed by atoms with Gasteiger partial charge < -0.3 is 78.8 Å². The number of carbonyl (C=O) groups is 12. The summed E-state index contributed by atoms with van der Waals surface area (Å²) >= 11 is 0. The van der Waals surface area contributed by atoms with Crippen LogP contribution >= 0.6 is 0 Å². The van der Waals surface area contributed by atoms with Crippen LogP contribution in [0.3, 0.4) is 0 Å². The van der Waals surface area contributed by atoms with Gasteiger partial charge in [0.2, 0.25) is 59.1 Å². The molecule has 0 aliphatic carbocycles. The Labute approximate surface area is 421 Å². The van der Waals surface area contributed by atoms with Gasteiger partial charge in [-0.2, -0.15) is 0 Å². The van der Waals surface area contributed by atoms with Gasteiger partial charge in [0.05, 0.1) is 43.7 Å². The van der Waals surface area contributed by atoms with Crippen molar-refractivity contribution in [3.05, 3.63) is 18.2 Å². The van der Waals surface area contributed by atoms with Gasteiger partial charge in [-0.25, -0.2) is 9.78 Å². The highest BCUT2D eigenvalue weighted by atomic mass is 16.4. The second kappa shape index (κ2) is 30.0. The summed E-state index contributed by atoms with van der Waals surface area (Å²) in [5.41, 5.74) is 5.50. The van der Waals surface area contributed by atoms with Gasteiger partial charge in [0, 0.05) is 32.1 Å². The number of primary amides is 1. The molecule has 10 amide bonds. The van der Waals surface area contributed by atoms with Gasteiger partial charge in [0.15, 0.2) is 0 Å². The molecule has 0 bridgehead atoms. The van der Waals surface area contributed by atoms with E-state index in [9.17, 15) is 72.9 Å². The number of carboxylic acids is 2. The number of likely N-dealkylation sites (tertiary alicyclic amines) is 1. The third-order valence-electron chi connectivity index (χ3n) is 11.9. The summed E-state index contributed by atoms with van der Waals surface area (Å²) in [6.45, 7) is 5.92. The number of aromatic nitrogens is 2. The minimum Gasteiger partial charge on any atom is -0.481 e. The number of aliphatic hydroxyl groups excluding tert-OH is 1. The van der Waals surface area contributed by atoms with Gasteiger partial charge >= 0.3 is 11.9 Å². The first-order valence-corrected chi connectivity index (χ1v) is 24.3. The van der Waals surface area contributed by atoms with Crippen LogP contribution in [0.1, 0.15) is 104 Å².